The molecule has 0 amide bonds. The number of rotatable bonds is 5. The van der Waals surface area contributed by atoms with Gasteiger partial charge in [-0.2, -0.15) is 0 Å². The molecule has 1 atom stereocenters. The van der Waals surface area contributed by atoms with Crippen LogP contribution in [0.4, 0.5) is 0 Å². The molecule has 0 aliphatic carbocycles. The van der Waals surface area contributed by atoms with Crippen LogP contribution in [0.2, 0.25) is 0 Å². The molecule has 0 aliphatic heterocycles. The van der Waals surface area contributed by atoms with Crippen LogP contribution < -0.4 is 0 Å². The van der Waals surface area contributed by atoms with Crippen molar-refractivity contribution in [3.63, 3.8) is 0 Å². The lowest BCUT2D eigenvalue weighted by atomic mass is 10.0. The molecule has 1 unspecified atom stereocenters. The van der Waals surface area contributed by atoms with Crippen molar-refractivity contribution in [3.8, 4) is 0 Å². The van der Waals surface area contributed by atoms with E-state index in [1.807, 2.05) is 18.2 Å². The molecule has 94 valence electrons. The zero-order valence-corrected chi connectivity index (χ0v) is 10.7. The van der Waals surface area contributed by atoms with Crippen LogP contribution in [0.1, 0.15) is 23.2 Å². The first-order valence-corrected chi connectivity index (χ1v) is 6.37. The predicted molar refractivity (Wildman–Crippen MR) is 73.4 cm³/mol. The van der Waals surface area contributed by atoms with E-state index in [1.54, 1.807) is 6.20 Å². The molecule has 0 fully saturated rings. The molecular weight excluding hydrogens is 222 g/mol. The van der Waals surface area contributed by atoms with Gasteiger partial charge in [-0.25, -0.2) is 0 Å². The van der Waals surface area contributed by atoms with Crippen LogP contribution in [0, 0.1) is 6.92 Å². The van der Waals surface area contributed by atoms with Crippen molar-refractivity contribution >= 4 is 0 Å². The van der Waals surface area contributed by atoms with Gasteiger partial charge in [0.1, 0.15) is 0 Å². The maximum atomic E-state index is 9.98. The Morgan fingerprint density at radius 1 is 1.11 bits per heavy atom. The maximum Gasteiger partial charge on any atom is 0.0598 e. The van der Waals surface area contributed by atoms with Crippen molar-refractivity contribution in [2.45, 2.75) is 32.3 Å². The highest BCUT2D eigenvalue weighted by molar-refractivity contribution is 5.21. The van der Waals surface area contributed by atoms with Crippen LogP contribution in [-0.4, -0.2) is 16.2 Å². The van der Waals surface area contributed by atoms with E-state index in [-0.39, 0.29) is 6.10 Å². The predicted octanol–water partition coefficient (Wildman–Crippen LogP) is 2.93. The number of hydrogen-bond acceptors (Lipinski definition) is 2. The number of aliphatic hydroxyl groups excluding tert-OH is 1. The molecule has 1 aromatic heterocycles. The minimum Gasteiger partial charge on any atom is -0.393 e. The van der Waals surface area contributed by atoms with Gasteiger partial charge in [0.2, 0.25) is 0 Å². The number of pyridine rings is 1. The number of aliphatic hydroxyl groups is 1. The number of hydrogen-bond donors (Lipinski definition) is 1. The van der Waals surface area contributed by atoms with Crippen LogP contribution in [-0.2, 0) is 12.8 Å². The second-order valence-corrected chi connectivity index (χ2v) is 4.70. The molecule has 0 aliphatic rings. The smallest absolute Gasteiger partial charge is 0.0598 e. The lowest BCUT2D eigenvalue weighted by Crippen LogP contribution is -2.12. The molecular formula is C16H19NO. The van der Waals surface area contributed by atoms with Gasteiger partial charge in [-0.15, -0.1) is 0 Å². The topological polar surface area (TPSA) is 33.1 Å². The summed E-state index contributed by atoms with van der Waals surface area (Å²) >= 11 is 0. The van der Waals surface area contributed by atoms with E-state index in [4.69, 9.17) is 0 Å². The van der Waals surface area contributed by atoms with Crippen LogP contribution in [0.15, 0.2) is 48.7 Å². The third-order valence-corrected chi connectivity index (χ3v) is 3.06. The zero-order chi connectivity index (χ0) is 12.8. The molecule has 18 heavy (non-hydrogen) atoms. The maximum absolute atomic E-state index is 9.98. The summed E-state index contributed by atoms with van der Waals surface area (Å²) in [5, 5.41) is 9.98. The van der Waals surface area contributed by atoms with Crippen LogP contribution >= 0.6 is 0 Å². The van der Waals surface area contributed by atoms with E-state index in [1.165, 1.54) is 11.1 Å². The van der Waals surface area contributed by atoms with E-state index in [2.05, 4.69) is 36.2 Å². The summed E-state index contributed by atoms with van der Waals surface area (Å²) in [7, 11) is 0. The van der Waals surface area contributed by atoms with Gasteiger partial charge in [-0.05, 0) is 37.5 Å². The Hall–Kier alpha value is -1.67. The van der Waals surface area contributed by atoms with Gasteiger partial charge < -0.3 is 5.11 Å². The third kappa shape index (κ3) is 3.97. The van der Waals surface area contributed by atoms with E-state index in [0.717, 1.165) is 18.5 Å². The van der Waals surface area contributed by atoms with Crippen molar-refractivity contribution in [1.29, 1.82) is 0 Å². The van der Waals surface area contributed by atoms with Crippen molar-refractivity contribution < 1.29 is 5.11 Å². The summed E-state index contributed by atoms with van der Waals surface area (Å²) in [5.41, 5.74) is 3.50. The first kappa shape index (κ1) is 12.8. The van der Waals surface area contributed by atoms with Crippen molar-refractivity contribution in [2.75, 3.05) is 0 Å². The van der Waals surface area contributed by atoms with Crippen LogP contribution in [0.25, 0.3) is 0 Å². The van der Waals surface area contributed by atoms with Gasteiger partial charge in [-0.1, -0.05) is 35.9 Å². The Kier molecular flexibility index (Phi) is 4.48. The Morgan fingerprint density at radius 2 is 1.89 bits per heavy atom. The molecule has 0 saturated heterocycles. The van der Waals surface area contributed by atoms with Crippen molar-refractivity contribution in [3.05, 3.63) is 65.5 Å². The SMILES string of the molecule is Cc1ccc(CCC(O)Cc2ccccn2)cc1. The van der Waals surface area contributed by atoms with Gasteiger partial charge in [0.25, 0.3) is 0 Å². The fraction of sp³-hybridized carbons (Fsp3) is 0.312. The van der Waals surface area contributed by atoms with Crippen molar-refractivity contribution in [2.24, 2.45) is 0 Å². The van der Waals surface area contributed by atoms with Gasteiger partial charge in [0.05, 0.1) is 6.10 Å². The Morgan fingerprint density at radius 3 is 2.56 bits per heavy atom. The molecule has 2 nitrogen and oxygen atoms in total. The first-order valence-electron chi connectivity index (χ1n) is 6.37. The Labute approximate surface area is 108 Å². The first-order chi connectivity index (χ1) is 8.74. The van der Waals surface area contributed by atoms with Crippen LogP contribution in [0.3, 0.4) is 0 Å². The van der Waals surface area contributed by atoms with Gasteiger partial charge in [0, 0.05) is 18.3 Å². The van der Waals surface area contributed by atoms with E-state index in [0.29, 0.717) is 6.42 Å². The standard InChI is InChI=1S/C16H19NO/c1-13-5-7-14(8-6-13)9-10-16(18)12-15-4-2-3-11-17-15/h2-8,11,16,18H,9-10,12H2,1H3. The molecule has 0 radical (unpaired) electrons. The van der Waals surface area contributed by atoms with Gasteiger partial charge in [0.15, 0.2) is 0 Å². The molecule has 1 heterocycles. The molecule has 2 heteroatoms. The second kappa shape index (κ2) is 6.31. The normalized spacial score (nSPS) is 12.3. The quantitative estimate of drug-likeness (QED) is 0.873. The Bertz CT molecular complexity index is 464. The lowest BCUT2D eigenvalue weighted by molar-refractivity contribution is 0.164. The molecule has 0 spiro atoms. The number of aryl methyl sites for hydroxylation is 2. The molecule has 2 rings (SSSR count). The van der Waals surface area contributed by atoms with E-state index >= 15 is 0 Å². The summed E-state index contributed by atoms with van der Waals surface area (Å²) in [4.78, 5) is 4.23. The largest absolute Gasteiger partial charge is 0.393 e. The zero-order valence-electron chi connectivity index (χ0n) is 10.7. The lowest BCUT2D eigenvalue weighted by Gasteiger charge is -2.10. The highest BCUT2D eigenvalue weighted by atomic mass is 16.3. The summed E-state index contributed by atoms with van der Waals surface area (Å²) in [6.07, 6.45) is 3.77. The van der Waals surface area contributed by atoms with Crippen molar-refractivity contribution in [1.82, 2.24) is 4.98 Å². The fourth-order valence-corrected chi connectivity index (χ4v) is 1.95. The minimum absolute atomic E-state index is 0.318. The summed E-state index contributed by atoms with van der Waals surface area (Å²) in [6, 6.07) is 14.3. The summed E-state index contributed by atoms with van der Waals surface area (Å²) < 4.78 is 0. The number of nitrogens with zero attached hydrogens (tertiary/aromatic N) is 1. The molecule has 2 aromatic rings. The van der Waals surface area contributed by atoms with E-state index < -0.39 is 0 Å². The highest BCUT2D eigenvalue weighted by Gasteiger charge is 2.06. The summed E-state index contributed by atoms with van der Waals surface area (Å²) in [6.45, 7) is 2.08. The van der Waals surface area contributed by atoms with Gasteiger partial charge >= 0.3 is 0 Å². The highest BCUT2D eigenvalue weighted by Crippen LogP contribution is 2.09. The second-order valence-electron chi connectivity index (χ2n) is 4.70. The molecule has 0 bridgehead atoms. The molecule has 0 saturated carbocycles. The number of benzene rings is 1. The number of aromatic nitrogens is 1. The van der Waals surface area contributed by atoms with E-state index in [9.17, 15) is 5.11 Å². The summed E-state index contributed by atoms with van der Waals surface area (Å²) in [5.74, 6) is 0. The molecule has 1 aromatic carbocycles. The average molecular weight is 241 g/mol. The third-order valence-electron chi connectivity index (χ3n) is 3.06. The molecule has 1 N–H and O–H groups in total. The van der Waals surface area contributed by atoms with Crippen LogP contribution in [0.5, 0.6) is 0 Å². The monoisotopic (exact) mass is 241 g/mol. The average Bonchev–Trinajstić information content (AvgIpc) is 2.39. The Balaban J connectivity index is 1.81. The minimum atomic E-state index is -0.318. The fourth-order valence-electron chi connectivity index (χ4n) is 1.95. The van der Waals surface area contributed by atoms with Gasteiger partial charge in [-0.3, -0.25) is 4.98 Å².